The number of hydrogen-bond acceptors (Lipinski definition) is 5. The van der Waals surface area contributed by atoms with Crippen molar-refractivity contribution in [3.63, 3.8) is 0 Å². The van der Waals surface area contributed by atoms with Gasteiger partial charge in [-0.15, -0.1) is 0 Å². The van der Waals surface area contributed by atoms with E-state index >= 15 is 0 Å². The Morgan fingerprint density at radius 2 is 1.65 bits per heavy atom. The first kappa shape index (κ1) is 22.5. The van der Waals surface area contributed by atoms with E-state index in [9.17, 15) is 13.2 Å². The summed E-state index contributed by atoms with van der Waals surface area (Å²) < 4.78 is 38.3. The Balaban J connectivity index is 1.97. The molecule has 6 nitrogen and oxygen atoms in total. The van der Waals surface area contributed by atoms with Gasteiger partial charge in [0.2, 0.25) is 10.0 Å². The molecule has 0 heterocycles. The summed E-state index contributed by atoms with van der Waals surface area (Å²) in [6.45, 7) is 3.43. The molecule has 3 aromatic rings. The van der Waals surface area contributed by atoms with Gasteiger partial charge < -0.3 is 9.47 Å². The highest BCUT2D eigenvalue weighted by molar-refractivity contribution is 7.92. The van der Waals surface area contributed by atoms with Gasteiger partial charge in [0, 0.05) is 17.3 Å². The van der Waals surface area contributed by atoms with Crippen LogP contribution in [0.1, 0.15) is 19.4 Å². The van der Waals surface area contributed by atoms with Crippen LogP contribution in [0.25, 0.3) is 16.8 Å². The van der Waals surface area contributed by atoms with Gasteiger partial charge in [0.05, 0.1) is 6.61 Å². The number of hydrogen-bond donors (Lipinski definition) is 0. The van der Waals surface area contributed by atoms with Crippen molar-refractivity contribution in [1.29, 1.82) is 0 Å². The minimum atomic E-state index is -3.98. The van der Waals surface area contributed by atoms with Crippen molar-refractivity contribution in [2.75, 3.05) is 13.2 Å². The number of sulfonamides is 1. The lowest BCUT2D eigenvalue weighted by atomic mass is 10.1. The van der Waals surface area contributed by atoms with Crippen LogP contribution in [0.2, 0.25) is 0 Å². The first-order valence-corrected chi connectivity index (χ1v) is 11.5. The predicted octanol–water partition coefficient (Wildman–Crippen LogP) is 4.43. The van der Waals surface area contributed by atoms with E-state index in [1.54, 1.807) is 38.1 Å². The molecular formula is C24H25NO5S. The first-order chi connectivity index (χ1) is 15.0. The quantitative estimate of drug-likeness (QED) is 0.364. The summed E-state index contributed by atoms with van der Waals surface area (Å²) in [7, 11) is -3.98. The van der Waals surface area contributed by atoms with E-state index in [0.29, 0.717) is 5.75 Å². The number of benzene rings is 3. The average molecular weight is 440 g/mol. The molecule has 0 radical (unpaired) electrons. The molecule has 0 spiro atoms. The van der Waals surface area contributed by atoms with Crippen LogP contribution in [0.3, 0.4) is 0 Å². The number of carbonyl (C=O) groups excluding carboxylic acids is 1. The second kappa shape index (κ2) is 10.2. The molecule has 0 saturated carbocycles. The molecule has 0 N–H and O–H groups in total. The number of carbonyl (C=O) groups is 1. The highest BCUT2D eigenvalue weighted by Crippen LogP contribution is 2.27. The maximum absolute atomic E-state index is 13.1. The summed E-state index contributed by atoms with van der Waals surface area (Å²) in [5, 5.41) is 2.76. The van der Waals surface area contributed by atoms with Crippen LogP contribution in [0.4, 0.5) is 0 Å². The number of likely N-dealkylation sites (N-methyl/N-ethyl adjacent to an activating group) is 1. The van der Waals surface area contributed by atoms with Gasteiger partial charge in [0.1, 0.15) is 5.75 Å². The van der Waals surface area contributed by atoms with Crippen LogP contribution in [0, 0.1) is 0 Å². The van der Waals surface area contributed by atoms with E-state index in [4.69, 9.17) is 9.47 Å². The number of rotatable bonds is 9. The fourth-order valence-electron chi connectivity index (χ4n) is 3.14. The Labute approximate surface area is 182 Å². The zero-order chi connectivity index (χ0) is 22.3. The summed E-state index contributed by atoms with van der Waals surface area (Å²) in [6.07, 6.45) is 0.0270. The van der Waals surface area contributed by atoms with E-state index < -0.39 is 22.2 Å². The molecule has 3 rings (SSSR count). The zero-order valence-corrected chi connectivity index (χ0v) is 18.3. The van der Waals surface area contributed by atoms with Crippen molar-refractivity contribution in [3.8, 4) is 5.75 Å². The van der Waals surface area contributed by atoms with Gasteiger partial charge in [-0.05, 0) is 30.0 Å². The minimum Gasteiger partial charge on any atom is -0.462 e. The number of ether oxygens (including phenoxy) is 2. The molecule has 0 aliphatic carbocycles. The van der Waals surface area contributed by atoms with Crippen molar-refractivity contribution in [2.45, 2.75) is 20.1 Å². The lowest BCUT2D eigenvalue weighted by Crippen LogP contribution is -2.48. The fourth-order valence-corrected chi connectivity index (χ4v) is 4.38. The van der Waals surface area contributed by atoms with Crippen LogP contribution in [-0.2, 0) is 19.6 Å². The summed E-state index contributed by atoms with van der Waals surface area (Å²) >= 11 is 0. The minimum absolute atomic E-state index is 0.0235. The van der Waals surface area contributed by atoms with Gasteiger partial charge in [-0.2, -0.15) is 4.31 Å². The molecule has 0 aliphatic heterocycles. The second-order valence-corrected chi connectivity index (χ2v) is 8.43. The Bertz CT molecular complexity index is 1150. The van der Waals surface area contributed by atoms with E-state index in [2.05, 4.69) is 0 Å². The van der Waals surface area contributed by atoms with Gasteiger partial charge in [-0.25, -0.2) is 13.2 Å². The molecule has 0 bridgehead atoms. The maximum atomic E-state index is 13.1. The van der Waals surface area contributed by atoms with E-state index in [1.807, 2.05) is 48.5 Å². The molecular weight excluding hydrogens is 414 g/mol. The van der Waals surface area contributed by atoms with Gasteiger partial charge in [-0.3, -0.25) is 0 Å². The van der Waals surface area contributed by atoms with Gasteiger partial charge in [-0.1, -0.05) is 73.7 Å². The molecule has 1 atom stereocenters. The first-order valence-electron chi connectivity index (χ1n) is 10.0. The monoisotopic (exact) mass is 439 g/mol. The molecule has 1 unspecified atom stereocenters. The molecule has 0 aromatic heterocycles. The molecule has 31 heavy (non-hydrogen) atoms. The van der Waals surface area contributed by atoms with E-state index in [-0.39, 0.29) is 13.2 Å². The predicted molar refractivity (Wildman–Crippen MR) is 122 cm³/mol. The van der Waals surface area contributed by atoms with Gasteiger partial charge >= 0.3 is 5.97 Å². The Hall–Kier alpha value is -3.16. The number of esters is 1. The highest BCUT2D eigenvalue weighted by Gasteiger charge is 2.36. The van der Waals surface area contributed by atoms with Crippen LogP contribution >= 0.6 is 0 Å². The molecule has 7 heteroatoms. The van der Waals surface area contributed by atoms with Crippen LogP contribution in [0.5, 0.6) is 5.75 Å². The maximum Gasteiger partial charge on any atom is 0.364 e. The SMILES string of the molecule is CCOC(=O)C(Oc1cccc2ccccc12)N(CC)S(=O)(=O)C=Cc1ccccc1. The second-order valence-electron chi connectivity index (χ2n) is 6.66. The summed E-state index contributed by atoms with van der Waals surface area (Å²) in [4.78, 5) is 12.7. The van der Waals surface area contributed by atoms with E-state index in [0.717, 1.165) is 26.0 Å². The van der Waals surface area contributed by atoms with Crippen LogP contribution < -0.4 is 4.74 Å². The molecule has 0 aliphatic rings. The third-order valence-electron chi connectivity index (χ3n) is 4.61. The van der Waals surface area contributed by atoms with Crippen molar-refractivity contribution >= 4 is 32.8 Å². The zero-order valence-electron chi connectivity index (χ0n) is 17.5. The smallest absolute Gasteiger partial charge is 0.364 e. The summed E-state index contributed by atoms with van der Waals surface area (Å²) in [6, 6.07) is 22.0. The molecule has 0 fully saturated rings. The normalized spacial score (nSPS) is 12.9. The third kappa shape index (κ3) is 5.51. The standard InChI is InChI=1S/C24H25NO5S/c1-3-25(31(27,28)18-17-19-11-6-5-7-12-19)23(24(26)29-4-2)30-22-16-10-14-20-13-8-9-15-21(20)22/h5-18,23H,3-4H2,1-2H3. The molecule has 162 valence electrons. The third-order valence-corrected chi connectivity index (χ3v) is 6.19. The number of nitrogens with zero attached hydrogens (tertiary/aromatic N) is 1. The van der Waals surface area contributed by atoms with Crippen LogP contribution in [0.15, 0.2) is 78.2 Å². The van der Waals surface area contributed by atoms with Gasteiger partial charge in [0.15, 0.2) is 0 Å². The molecule has 0 saturated heterocycles. The Kier molecular flexibility index (Phi) is 7.44. The largest absolute Gasteiger partial charge is 0.462 e. The fraction of sp³-hybridized carbons (Fsp3) is 0.208. The van der Waals surface area contributed by atoms with Crippen molar-refractivity contribution in [3.05, 3.63) is 83.8 Å². The Morgan fingerprint density at radius 1 is 0.968 bits per heavy atom. The lowest BCUT2D eigenvalue weighted by molar-refractivity contribution is -0.157. The average Bonchev–Trinajstić information content (AvgIpc) is 2.78. The van der Waals surface area contributed by atoms with Crippen molar-refractivity contribution in [2.24, 2.45) is 0 Å². The topological polar surface area (TPSA) is 72.9 Å². The van der Waals surface area contributed by atoms with Crippen LogP contribution in [-0.4, -0.2) is 38.1 Å². The molecule has 3 aromatic carbocycles. The number of fused-ring (bicyclic) bond motifs is 1. The van der Waals surface area contributed by atoms with Gasteiger partial charge in [0.25, 0.3) is 6.23 Å². The summed E-state index contributed by atoms with van der Waals surface area (Å²) in [5.41, 5.74) is 0.727. The lowest BCUT2D eigenvalue weighted by Gasteiger charge is -2.27. The summed E-state index contributed by atoms with van der Waals surface area (Å²) in [5.74, 6) is -0.370. The molecule has 0 amide bonds. The highest BCUT2D eigenvalue weighted by atomic mass is 32.2. The Morgan fingerprint density at radius 3 is 2.35 bits per heavy atom. The van der Waals surface area contributed by atoms with Crippen molar-refractivity contribution in [1.82, 2.24) is 4.31 Å². The van der Waals surface area contributed by atoms with E-state index in [1.165, 1.54) is 6.08 Å². The van der Waals surface area contributed by atoms with Crippen molar-refractivity contribution < 1.29 is 22.7 Å².